The zero-order valence-electron chi connectivity index (χ0n) is 16.0. The molecule has 2 aromatic carbocycles. The maximum absolute atomic E-state index is 11.9. The van der Waals surface area contributed by atoms with Crippen LogP contribution in [0.2, 0.25) is 10.0 Å². The van der Waals surface area contributed by atoms with Crippen LogP contribution in [0.5, 0.6) is 17.4 Å². The highest BCUT2D eigenvalue weighted by molar-refractivity contribution is 6.42. The smallest absolute Gasteiger partial charge is 0.252 e. The van der Waals surface area contributed by atoms with Crippen molar-refractivity contribution in [3.63, 3.8) is 0 Å². The van der Waals surface area contributed by atoms with Gasteiger partial charge >= 0.3 is 0 Å². The summed E-state index contributed by atoms with van der Waals surface area (Å²) in [6.07, 6.45) is 1.29. The Labute approximate surface area is 178 Å². The highest BCUT2D eigenvalue weighted by atomic mass is 35.5. The van der Waals surface area contributed by atoms with Gasteiger partial charge in [0.05, 0.1) is 34.0 Å². The predicted molar refractivity (Wildman–Crippen MR) is 115 cm³/mol. The molecule has 0 unspecified atom stereocenters. The third kappa shape index (κ3) is 3.95. The van der Waals surface area contributed by atoms with E-state index in [0.717, 1.165) is 16.7 Å². The molecular formula is C21H19Cl2N3O3. The molecule has 8 heteroatoms. The van der Waals surface area contributed by atoms with Crippen molar-refractivity contribution in [1.29, 1.82) is 0 Å². The Morgan fingerprint density at radius 1 is 1.07 bits per heavy atom. The van der Waals surface area contributed by atoms with E-state index in [9.17, 15) is 4.79 Å². The average Bonchev–Trinajstić information content (AvgIpc) is 2.66. The third-order valence-electron chi connectivity index (χ3n) is 4.55. The number of carbonyl (C=O) groups is 1. The number of amides is 1. The van der Waals surface area contributed by atoms with Crippen LogP contribution in [0.15, 0.2) is 36.5 Å². The van der Waals surface area contributed by atoms with Crippen LogP contribution in [0.4, 0.5) is 5.69 Å². The van der Waals surface area contributed by atoms with Gasteiger partial charge in [-0.05, 0) is 48.7 Å². The Morgan fingerprint density at radius 2 is 1.79 bits per heavy atom. The first-order valence-electron chi connectivity index (χ1n) is 8.60. The van der Waals surface area contributed by atoms with Gasteiger partial charge in [-0.3, -0.25) is 4.79 Å². The van der Waals surface area contributed by atoms with Gasteiger partial charge in [-0.1, -0.05) is 29.3 Å². The van der Waals surface area contributed by atoms with Gasteiger partial charge in [0.15, 0.2) is 0 Å². The molecule has 0 aliphatic rings. The van der Waals surface area contributed by atoms with E-state index in [1.165, 1.54) is 6.20 Å². The van der Waals surface area contributed by atoms with Gasteiger partial charge in [-0.2, -0.15) is 0 Å². The summed E-state index contributed by atoms with van der Waals surface area (Å²) in [5.41, 5.74) is 15.0. The molecule has 6 nitrogen and oxygen atoms in total. The van der Waals surface area contributed by atoms with Gasteiger partial charge in [0, 0.05) is 12.3 Å². The van der Waals surface area contributed by atoms with E-state index in [-0.39, 0.29) is 17.1 Å². The molecule has 1 heterocycles. The number of aryl methyl sites for hydroxylation is 1. The van der Waals surface area contributed by atoms with E-state index >= 15 is 0 Å². The third-order valence-corrected chi connectivity index (χ3v) is 5.29. The Kier molecular flexibility index (Phi) is 5.86. The number of pyridine rings is 1. The van der Waals surface area contributed by atoms with E-state index < -0.39 is 5.91 Å². The Bertz CT molecular complexity index is 1120. The van der Waals surface area contributed by atoms with Crippen LogP contribution in [0.25, 0.3) is 11.1 Å². The van der Waals surface area contributed by atoms with Crippen molar-refractivity contribution in [2.45, 2.75) is 13.8 Å². The normalized spacial score (nSPS) is 10.7. The van der Waals surface area contributed by atoms with Crippen molar-refractivity contribution < 1.29 is 14.3 Å². The van der Waals surface area contributed by atoms with Gasteiger partial charge in [0.25, 0.3) is 5.91 Å². The summed E-state index contributed by atoms with van der Waals surface area (Å²) >= 11 is 12.1. The van der Waals surface area contributed by atoms with Gasteiger partial charge in [-0.25, -0.2) is 4.98 Å². The molecule has 0 aliphatic carbocycles. The summed E-state index contributed by atoms with van der Waals surface area (Å²) in [4.78, 5) is 16.2. The summed E-state index contributed by atoms with van der Waals surface area (Å²) in [7, 11) is 1.58. The number of nitrogens with two attached hydrogens (primary N) is 2. The highest BCUT2D eigenvalue weighted by Gasteiger charge is 2.23. The second kappa shape index (κ2) is 8.19. The maximum atomic E-state index is 11.9. The minimum absolute atomic E-state index is 0.100. The number of anilines is 1. The standard InChI is InChI=1S/C21H19Cl2N3O3/c1-10-4-7-16(28-3)11(2)17(10)18-19(24)13(20(25)27)9-26-21(18)29-12-5-6-14(22)15(23)8-12/h4-9H,1-3H3,(H2,24,26)(H2,25,27). The molecule has 0 atom stereocenters. The second-order valence-corrected chi connectivity index (χ2v) is 7.21. The molecule has 0 fully saturated rings. The quantitative estimate of drug-likeness (QED) is 0.581. The molecule has 3 aromatic rings. The average molecular weight is 432 g/mol. The minimum atomic E-state index is -0.685. The molecule has 29 heavy (non-hydrogen) atoms. The van der Waals surface area contributed by atoms with Crippen molar-refractivity contribution in [2.75, 3.05) is 12.8 Å². The molecule has 1 aromatic heterocycles. The summed E-state index contributed by atoms with van der Waals surface area (Å²) in [6.45, 7) is 3.81. The molecule has 4 N–H and O–H groups in total. The van der Waals surface area contributed by atoms with Crippen LogP contribution < -0.4 is 20.9 Å². The lowest BCUT2D eigenvalue weighted by molar-refractivity contribution is 0.100. The predicted octanol–water partition coefficient (Wildman–Crippen LogP) is 5.15. The van der Waals surface area contributed by atoms with Crippen molar-refractivity contribution >= 4 is 34.8 Å². The molecule has 0 radical (unpaired) electrons. The Balaban J connectivity index is 2.28. The molecule has 0 saturated carbocycles. The SMILES string of the molecule is COc1ccc(C)c(-c2c(Oc3ccc(Cl)c(Cl)c3)ncc(C(N)=O)c2N)c1C. The lowest BCUT2D eigenvalue weighted by Crippen LogP contribution is -2.15. The number of methoxy groups -OCH3 is 1. The number of nitrogen functional groups attached to an aromatic ring is 1. The van der Waals surface area contributed by atoms with E-state index in [4.69, 9.17) is 44.1 Å². The second-order valence-electron chi connectivity index (χ2n) is 6.39. The topological polar surface area (TPSA) is 100 Å². The van der Waals surface area contributed by atoms with E-state index in [1.807, 2.05) is 26.0 Å². The zero-order chi connectivity index (χ0) is 21.3. The van der Waals surface area contributed by atoms with Crippen LogP contribution in [0.3, 0.4) is 0 Å². The van der Waals surface area contributed by atoms with E-state index in [0.29, 0.717) is 27.1 Å². The van der Waals surface area contributed by atoms with Crippen molar-refractivity contribution in [2.24, 2.45) is 5.73 Å². The first-order chi connectivity index (χ1) is 13.7. The van der Waals surface area contributed by atoms with Crippen molar-refractivity contribution in [3.8, 4) is 28.5 Å². The van der Waals surface area contributed by atoms with Crippen molar-refractivity contribution in [1.82, 2.24) is 4.98 Å². The number of aromatic nitrogens is 1. The number of primary amides is 1. The number of hydrogen-bond acceptors (Lipinski definition) is 5. The van der Waals surface area contributed by atoms with Gasteiger partial charge in [0.2, 0.25) is 5.88 Å². The zero-order valence-corrected chi connectivity index (χ0v) is 17.6. The fourth-order valence-electron chi connectivity index (χ4n) is 3.11. The fraction of sp³-hybridized carbons (Fsp3) is 0.143. The number of rotatable bonds is 5. The number of ether oxygens (including phenoxy) is 2. The Morgan fingerprint density at radius 3 is 2.41 bits per heavy atom. The monoisotopic (exact) mass is 431 g/mol. The number of carbonyl (C=O) groups excluding carboxylic acids is 1. The van der Waals surface area contributed by atoms with Crippen LogP contribution in [0, 0.1) is 13.8 Å². The first-order valence-corrected chi connectivity index (χ1v) is 9.36. The van der Waals surface area contributed by atoms with Crippen LogP contribution in [0.1, 0.15) is 21.5 Å². The molecule has 1 amide bonds. The van der Waals surface area contributed by atoms with Crippen LogP contribution in [-0.2, 0) is 0 Å². The lowest BCUT2D eigenvalue weighted by Gasteiger charge is -2.19. The summed E-state index contributed by atoms with van der Waals surface area (Å²) in [5, 5.41) is 0.733. The van der Waals surface area contributed by atoms with E-state index in [1.54, 1.807) is 25.3 Å². The first kappa shape index (κ1) is 20.8. The number of halogens is 2. The summed E-state index contributed by atoms with van der Waals surface area (Å²) in [6, 6.07) is 8.58. The van der Waals surface area contributed by atoms with Gasteiger partial charge in [-0.15, -0.1) is 0 Å². The fourth-order valence-corrected chi connectivity index (χ4v) is 3.40. The summed E-state index contributed by atoms with van der Waals surface area (Å²) < 4.78 is 11.4. The molecule has 0 aliphatic heterocycles. The van der Waals surface area contributed by atoms with Crippen LogP contribution >= 0.6 is 23.2 Å². The Hall–Kier alpha value is -2.96. The molecule has 150 valence electrons. The number of hydrogen-bond donors (Lipinski definition) is 2. The molecular weight excluding hydrogens is 413 g/mol. The molecule has 0 spiro atoms. The van der Waals surface area contributed by atoms with Gasteiger partial charge in [0.1, 0.15) is 11.5 Å². The highest BCUT2D eigenvalue weighted by Crippen LogP contribution is 2.43. The van der Waals surface area contributed by atoms with Crippen LogP contribution in [-0.4, -0.2) is 18.0 Å². The molecule has 3 rings (SSSR count). The summed E-state index contributed by atoms with van der Waals surface area (Å²) in [5.74, 6) is 0.591. The van der Waals surface area contributed by atoms with E-state index in [2.05, 4.69) is 4.98 Å². The van der Waals surface area contributed by atoms with Gasteiger partial charge < -0.3 is 20.9 Å². The number of benzene rings is 2. The molecule has 0 saturated heterocycles. The van der Waals surface area contributed by atoms with Crippen molar-refractivity contribution in [3.05, 3.63) is 63.3 Å². The maximum Gasteiger partial charge on any atom is 0.252 e. The largest absolute Gasteiger partial charge is 0.496 e. The number of nitrogens with zero attached hydrogens (tertiary/aromatic N) is 1. The minimum Gasteiger partial charge on any atom is -0.496 e. The molecule has 0 bridgehead atoms. The lowest BCUT2D eigenvalue weighted by atomic mass is 9.93.